The molecule has 2 aromatic carbocycles. The van der Waals surface area contributed by atoms with E-state index in [9.17, 15) is 0 Å². The molecule has 0 radical (unpaired) electrons. The van der Waals surface area contributed by atoms with E-state index in [-0.39, 0.29) is 0 Å². The number of ether oxygens (including phenoxy) is 1. The molecule has 0 spiro atoms. The summed E-state index contributed by atoms with van der Waals surface area (Å²) in [5.41, 5.74) is 3.33. The number of hydrogen-bond acceptors (Lipinski definition) is 2. The summed E-state index contributed by atoms with van der Waals surface area (Å²) in [6.07, 6.45) is 0. The molecule has 110 valence electrons. The lowest BCUT2D eigenvalue weighted by atomic mass is 10.2. The van der Waals surface area contributed by atoms with Crippen molar-refractivity contribution in [2.24, 2.45) is 0 Å². The van der Waals surface area contributed by atoms with Crippen LogP contribution < -0.4 is 15.4 Å². The van der Waals surface area contributed by atoms with Crippen molar-refractivity contribution in [3.63, 3.8) is 0 Å². The quantitative estimate of drug-likeness (QED) is 0.821. The molecule has 0 aliphatic rings. The van der Waals surface area contributed by atoms with Crippen molar-refractivity contribution < 1.29 is 4.74 Å². The van der Waals surface area contributed by atoms with Crippen LogP contribution in [0.25, 0.3) is 0 Å². The third-order valence-electron chi connectivity index (χ3n) is 2.94. The molecule has 4 heteroatoms. The van der Waals surface area contributed by atoms with Crippen LogP contribution in [0, 0.1) is 6.92 Å². The standard InChI is InChI=1S/C17H20N2OS/c1-3-20-16-9-5-7-14(11-16)12-18-17(21)19-15-8-4-6-13(2)10-15/h4-11H,3,12H2,1-2H3,(H2,18,19,21). The van der Waals surface area contributed by atoms with E-state index in [0.717, 1.165) is 17.0 Å². The molecule has 3 nitrogen and oxygen atoms in total. The average Bonchev–Trinajstić information content (AvgIpc) is 2.46. The Balaban J connectivity index is 1.87. The molecule has 0 saturated heterocycles. The zero-order valence-corrected chi connectivity index (χ0v) is 13.2. The largest absolute Gasteiger partial charge is 0.494 e. The van der Waals surface area contributed by atoms with Crippen LogP contribution in [0.1, 0.15) is 18.1 Å². The third kappa shape index (κ3) is 5.08. The Morgan fingerprint density at radius 3 is 2.71 bits per heavy atom. The molecule has 0 aliphatic heterocycles. The highest BCUT2D eigenvalue weighted by Crippen LogP contribution is 2.13. The van der Waals surface area contributed by atoms with Crippen molar-refractivity contribution in [1.29, 1.82) is 0 Å². The summed E-state index contributed by atoms with van der Waals surface area (Å²) in [5.74, 6) is 0.884. The first kappa shape index (κ1) is 15.3. The molecule has 2 N–H and O–H groups in total. The first-order valence-corrected chi connectivity index (χ1v) is 7.41. The molecule has 0 atom stereocenters. The SMILES string of the molecule is CCOc1cccc(CNC(=S)Nc2cccc(C)c2)c1. The minimum atomic E-state index is 0.613. The number of hydrogen-bond donors (Lipinski definition) is 2. The van der Waals surface area contributed by atoms with Crippen molar-refractivity contribution in [3.8, 4) is 5.75 Å². The van der Waals surface area contributed by atoms with Crippen molar-refractivity contribution in [3.05, 3.63) is 59.7 Å². The predicted molar refractivity (Wildman–Crippen MR) is 91.9 cm³/mol. The van der Waals surface area contributed by atoms with Crippen molar-refractivity contribution in [1.82, 2.24) is 5.32 Å². The number of rotatable bonds is 5. The zero-order valence-electron chi connectivity index (χ0n) is 12.3. The Hall–Kier alpha value is -2.07. The van der Waals surface area contributed by atoms with E-state index in [1.54, 1.807) is 0 Å². The maximum atomic E-state index is 5.49. The Labute approximate surface area is 131 Å². The summed E-state index contributed by atoms with van der Waals surface area (Å²) in [6.45, 7) is 5.37. The van der Waals surface area contributed by atoms with Gasteiger partial charge in [0.05, 0.1) is 6.61 Å². The van der Waals surface area contributed by atoms with Gasteiger partial charge in [-0.3, -0.25) is 0 Å². The highest BCUT2D eigenvalue weighted by atomic mass is 32.1. The first-order chi connectivity index (χ1) is 10.2. The summed E-state index contributed by atoms with van der Waals surface area (Å²) >= 11 is 5.31. The Bertz CT molecular complexity index is 613. The summed E-state index contributed by atoms with van der Waals surface area (Å²) in [7, 11) is 0. The van der Waals surface area contributed by atoms with Gasteiger partial charge in [-0.1, -0.05) is 24.3 Å². The maximum absolute atomic E-state index is 5.49. The van der Waals surface area contributed by atoms with E-state index in [4.69, 9.17) is 17.0 Å². The fourth-order valence-corrected chi connectivity index (χ4v) is 2.18. The molecule has 0 heterocycles. The Morgan fingerprint density at radius 1 is 1.14 bits per heavy atom. The van der Waals surface area contributed by atoms with Crippen molar-refractivity contribution in [2.45, 2.75) is 20.4 Å². The molecule has 0 saturated carbocycles. The molecule has 21 heavy (non-hydrogen) atoms. The zero-order chi connectivity index (χ0) is 15.1. The molecule has 0 aliphatic carbocycles. The predicted octanol–water partition coefficient (Wildman–Crippen LogP) is 3.88. The van der Waals surface area contributed by atoms with Crippen LogP contribution in [0.3, 0.4) is 0 Å². The van der Waals surface area contributed by atoms with E-state index in [1.807, 2.05) is 43.3 Å². The molecular weight excluding hydrogens is 280 g/mol. The van der Waals surface area contributed by atoms with E-state index in [2.05, 4.69) is 29.7 Å². The van der Waals surface area contributed by atoms with Crippen LogP contribution in [0.2, 0.25) is 0 Å². The van der Waals surface area contributed by atoms with E-state index in [1.165, 1.54) is 5.56 Å². The lowest BCUT2D eigenvalue weighted by Crippen LogP contribution is -2.27. The highest BCUT2D eigenvalue weighted by molar-refractivity contribution is 7.80. The van der Waals surface area contributed by atoms with Gasteiger partial charge in [0.2, 0.25) is 0 Å². The Kier molecular flexibility index (Phi) is 5.58. The van der Waals surface area contributed by atoms with Crippen LogP contribution in [-0.2, 0) is 6.54 Å². The van der Waals surface area contributed by atoms with E-state index >= 15 is 0 Å². The number of aryl methyl sites for hydroxylation is 1. The van der Waals surface area contributed by atoms with Gasteiger partial charge in [0.15, 0.2) is 5.11 Å². The van der Waals surface area contributed by atoms with E-state index < -0.39 is 0 Å². The second kappa shape index (κ2) is 7.64. The van der Waals surface area contributed by atoms with Gasteiger partial charge in [-0.05, 0) is 61.5 Å². The lowest BCUT2D eigenvalue weighted by molar-refractivity contribution is 0.340. The molecular formula is C17H20N2OS. The summed E-state index contributed by atoms with van der Waals surface area (Å²) in [4.78, 5) is 0. The van der Waals surface area contributed by atoms with E-state index in [0.29, 0.717) is 18.3 Å². The van der Waals surface area contributed by atoms with Gasteiger partial charge in [0.25, 0.3) is 0 Å². The molecule has 0 unspecified atom stereocenters. The summed E-state index contributed by atoms with van der Waals surface area (Å²) < 4.78 is 5.49. The maximum Gasteiger partial charge on any atom is 0.171 e. The fourth-order valence-electron chi connectivity index (χ4n) is 1.99. The molecule has 0 aromatic heterocycles. The van der Waals surface area contributed by atoms with Gasteiger partial charge in [-0.15, -0.1) is 0 Å². The number of anilines is 1. The minimum Gasteiger partial charge on any atom is -0.494 e. The van der Waals surface area contributed by atoms with Gasteiger partial charge in [-0.25, -0.2) is 0 Å². The Morgan fingerprint density at radius 2 is 1.95 bits per heavy atom. The number of nitrogens with one attached hydrogen (secondary N) is 2. The third-order valence-corrected chi connectivity index (χ3v) is 3.18. The smallest absolute Gasteiger partial charge is 0.171 e. The van der Waals surface area contributed by atoms with Crippen LogP contribution in [-0.4, -0.2) is 11.7 Å². The van der Waals surface area contributed by atoms with Gasteiger partial charge in [-0.2, -0.15) is 0 Å². The summed E-state index contributed by atoms with van der Waals surface area (Å²) in [5, 5.41) is 7.00. The molecule has 2 rings (SSSR count). The van der Waals surface area contributed by atoms with Gasteiger partial charge in [0, 0.05) is 12.2 Å². The van der Waals surface area contributed by atoms with Gasteiger partial charge < -0.3 is 15.4 Å². The van der Waals surface area contributed by atoms with Crippen LogP contribution >= 0.6 is 12.2 Å². The second-order valence-corrected chi connectivity index (χ2v) is 5.17. The monoisotopic (exact) mass is 300 g/mol. The van der Waals surface area contributed by atoms with Crippen LogP contribution in [0.5, 0.6) is 5.75 Å². The molecule has 2 aromatic rings. The van der Waals surface area contributed by atoms with Crippen molar-refractivity contribution in [2.75, 3.05) is 11.9 Å². The second-order valence-electron chi connectivity index (χ2n) is 4.76. The number of thiocarbonyl (C=S) groups is 1. The number of benzene rings is 2. The molecule has 0 amide bonds. The van der Waals surface area contributed by atoms with Gasteiger partial charge in [0.1, 0.15) is 5.75 Å². The first-order valence-electron chi connectivity index (χ1n) is 7.00. The molecule has 0 bridgehead atoms. The highest BCUT2D eigenvalue weighted by Gasteiger charge is 2.00. The van der Waals surface area contributed by atoms with Gasteiger partial charge >= 0.3 is 0 Å². The lowest BCUT2D eigenvalue weighted by Gasteiger charge is -2.12. The fraction of sp³-hybridized carbons (Fsp3) is 0.235. The normalized spacial score (nSPS) is 10.0. The minimum absolute atomic E-state index is 0.613. The summed E-state index contributed by atoms with van der Waals surface area (Å²) in [6, 6.07) is 16.1. The topological polar surface area (TPSA) is 33.3 Å². The van der Waals surface area contributed by atoms with Crippen LogP contribution in [0.4, 0.5) is 5.69 Å². The molecule has 0 fully saturated rings. The van der Waals surface area contributed by atoms with Crippen LogP contribution in [0.15, 0.2) is 48.5 Å². The van der Waals surface area contributed by atoms with Crippen molar-refractivity contribution >= 4 is 23.0 Å². The average molecular weight is 300 g/mol.